The topological polar surface area (TPSA) is 108 Å². The molecule has 2 aromatic carbocycles. The van der Waals surface area contributed by atoms with Crippen molar-refractivity contribution >= 4 is 32.8 Å². The average Bonchev–Trinajstić information content (AvgIpc) is 3.52. The monoisotopic (exact) mass is 479 g/mol. The Hall–Kier alpha value is -3.40. The molecule has 1 amide bonds. The molecule has 1 atom stereocenters. The van der Waals surface area contributed by atoms with Gasteiger partial charge in [0.25, 0.3) is 10.0 Å². The second-order valence-electron chi connectivity index (χ2n) is 9.11. The quantitative estimate of drug-likeness (QED) is 0.606. The summed E-state index contributed by atoms with van der Waals surface area (Å²) < 4.78 is 30.9. The molecule has 2 fully saturated rings. The summed E-state index contributed by atoms with van der Waals surface area (Å²) in [5.74, 6) is 0.387. The first-order valence-corrected chi connectivity index (χ1v) is 13.1. The van der Waals surface area contributed by atoms with Crippen molar-refractivity contribution in [2.75, 3.05) is 19.6 Å². The fraction of sp³-hybridized carbons (Fsp3) is 0.375. The smallest absolute Gasteiger partial charge is 0.326 e. The zero-order valence-electron chi connectivity index (χ0n) is 18.6. The van der Waals surface area contributed by atoms with Crippen molar-refractivity contribution in [2.45, 2.75) is 42.7 Å². The Morgan fingerprint density at radius 3 is 2.53 bits per heavy atom. The van der Waals surface area contributed by atoms with Crippen molar-refractivity contribution in [3.05, 3.63) is 64.6 Å². The predicted octanol–water partition coefficient (Wildman–Crippen LogP) is 2.11. The molecule has 0 aliphatic carbocycles. The second kappa shape index (κ2) is 7.83. The standard InChI is InChI=1S/C24H25N5O4S/c30-23(20-9-5-13-28(20)22-17-6-1-4-10-21(17)34(32,33)26-22)27-14-11-16(12-15-27)29-19-8-3-2-7-18(19)25-24(29)31/h1-4,6-8,10,16,20H,5,9,11-15H2,(H,25,31)/t20-/m0/s1. The van der Waals surface area contributed by atoms with E-state index in [-0.39, 0.29) is 22.5 Å². The number of sulfonamides is 1. The maximum Gasteiger partial charge on any atom is 0.326 e. The number of piperidine rings is 1. The molecular formula is C24H25N5O4S. The number of imidazole rings is 1. The summed E-state index contributed by atoms with van der Waals surface area (Å²) in [4.78, 5) is 32.9. The van der Waals surface area contributed by atoms with Crippen LogP contribution in [0.2, 0.25) is 0 Å². The number of fused-ring (bicyclic) bond motifs is 2. The van der Waals surface area contributed by atoms with Crippen molar-refractivity contribution in [3.63, 3.8) is 0 Å². The number of hydrogen-bond donors (Lipinski definition) is 1. The molecule has 3 aliphatic heterocycles. The largest absolute Gasteiger partial charge is 0.343 e. The first-order valence-electron chi connectivity index (χ1n) is 11.6. The molecule has 3 aliphatic rings. The number of para-hydroxylation sites is 2. The molecule has 3 aromatic rings. The molecule has 10 heteroatoms. The first-order chi connectivity index (χ1) is 16.4. The van der Waals surface area contributed by atoms with Crippen molar-refractivity contribution in [3.8, 4) is 0 Å². The predicted molar refractivity (Wildman–Crippen MR) is 127 cm³/mol. The number of nitrogens with one attached hydrogen (secondary N) is 1. The van der Waals surface area contributed by atoms with Crippen LogP contribution in [-0.4, -0.2) is 65.2 Å². The number of rotatable bonds is 2. The molecule has 1 aromatic heterocycles. The Morgan fingerprint density at radius 1 is 0.971 bits per heavy atom. The van der Waals surface area contributed by atoms with Crippen LogP contribution in [0.25, 0.3) is 11.0 Å². The molecule has 176 valence electrons. The molecular weight excluding hydrogens is 454 g/mol. The number of carbonyl (C=O) groups is 1. The molecule has 0 radical (unpaired) electrons. The van der Waals surface area contributed by atoms with Crippen LogP contribution in [0.5, 0.6) is 0 Å². The van der Waals surface area contributed by atoms with Gasteiger partial charge in [-0.15, -0.1) is 4.40 Å². The molecule has 6 rings (SSSR count). The summed E-state index contributed by atoms with van der Waals surface area (Å²) in [6.07, 6.45) is 2.86. The summed E-state index contributed by atoms with van der Waals surface area (Å²) in [6, 6.07) is 14.0. The summed E-state index contributed by atoms with van der Waals surface area (Å²) >= 11 is 0. The van der Waals surface area contributed by atoms with Crippen LogP contribution in [-0.2, 0) is 14.8 Å². The zero-order valence-corrected chi connectivity index (χ0v) is 19.4. The van der Waals surface area contributed by atoms with Crippen molar-refractivity contribution < 1.29 is 13.2 Å². The Balaban J connectivity index is 1.20. The van der Waals surface area contributed by atoms with Gasteiger partial charge in [0.05, 0.1) is 11.0 Å². The van der Waals surface area contributed by atoms with Crippen LogP contribution in [0.4, 0.5) is 0 Å². The van der Waals surface area contributed by atoms with E-state index < -0.39 is 16.1 Å². The Bertz CT molecular complexity index is 1480. The number of H-pyrrole nitrogens is 1. The van der Waals surface area contributed by atoms with Crippen molar-refractivity contribution in [2.24, 2.45) is 4.40 Å². The highest BCUT2D eigenvalue weighted by molar-refractivity contribution is 7.90. The number of carbonyl (C=O) groups excluding carboxylic acids is 1. The van der Waals surface area contributed by atoms with Crippen LogP contribution in [0, 0.1) is 0 Å². The number of hydrogen-bond acceptors (Lipinski definition) is 5. The minimum atomic E-state index is -3.73. The van der Waals surface area contributed by atoms with E-state index in [1.807, 2.05) is 38.6 Å². The number of benzene rings is 2. The van der Waals surface area contributed by atoms with Gasteiger partial charge in [0.15, 0.2) is 5.84 Å². The maximum atomic E-state index is 13.5. The van der Waals surface area contributed by atoms with E-state index in [0.717, 1.165) is 17.5 Å². The van der Waals surface area contributed by atoms with Crippen LogP contribution in [0.15, 0.2) is 62.6 Å². The molecule has 1 N–H and O–H groups in total. The number of aromatic nitrogens is 2. The molecule has 9 nitrogen and oxygen atoms in total. The molecule has 0 unspecified atom stereocenters. The van der Waals surface area contributed by atoms with Gasteiger partial charge < -0.3 is 14.8 Å². The Labute approximate surface area is 196 Å². The van der Waals surface area contributed by atoms with Crippen LogP contribution < -0.4 is 5.69 Å². The van der Waals surface area contributed by atoms with E-state index in [1.54, 1.807) is 24.3 Å². The minimum absolute atomic E-state index is 0.00621. The normalized spacial score (nSPS) is 22.2. The SMILES string of the molecule is O=C([C@@H]1CCCN1C1=NS(=O)(=O)c2ccccc21)N1CCC(n2c(=O)[nH]c3ccccc32)CC1. The third-order valence-corrected chi connectivity index (χ3v) is 8.51. The highest BCUT2D eigenvalue weighted by atomic mass is 32.2. The van der Waals surface area contributed by atoms with Crippen LogP contribution in [0.1, 0.15) is 37.3 Å². The highest BCUT2D eigenvalue weighted by Crippen LogP contribution is 2.32. The number of amides is 1. The molecule has 0 saturated carbocycles. The zero-order chi connectivity index (χ0) is 23.4. The van der Waals surface area contributed by atoms with E-state index in [1.165, 1.54) is 0 Å². The number of likely N-dealkylation sites (tertiary alicyclic amines) is 2. The van der Waals surface area contributed by atoms with E-state index in [0.29, 0.717) is 50.3 Å². The van der Waals surface area contributed by atoms with Crippen LogP contribution >= 0.6 is 0 Å². The summed E-state index contributed by atoms with van der Waals surface area (Å²) in [5.41, 5.74) is 2.16. The first kappa shape index (κ1) is 21.2. The van der Waals surface area contributed by atoms with Crippen LogP contribution in [0.3, 0.4) is 0 Å². The van der Waals surface area contributed by atoms with Gasteiger partial charge in [-0.1, -0.05) is 24.3 Å². The fourth-order valence-corrected chi connectivity index (χ4v) is 6.78. The molecule has 4 heterocycles. The fourth-order valence-electron chi connectivity index (χ4n) is 5.56. The lowest BCUT2D eigenvalue weighted by Gasteiger charge is -2.36. The third kappa shape index (κ3) is 3.27. The van der Waals surface area contributed by atoms with Gasteiger partial charge in [0.1, 0.15) is 10.9 Å². The summed E-state index contributed by atoms with van der Waals surface area (Å²) in [5, 5.41) is 0. The van der Waals surface area contributed by atoms with Gasteiger partial charge in [0, 0.05) is 31.2 Å². The lowest BCUT2D eigenvalue weighted by atomic mass is 10.0. The van der Waals surface area contributed by atoms with Gasteiger partial charge >= 0.3 is 5.69 Å². The third-order valence-electron chi connectivity index (χ3n) is 7.19. The summed E-state index contributed by atoms with van der Waals surface area (Å²) in [7, 11) is -3.73. The van der Waals surface area contributed by atoms with Gasteiger partial charge in [0.2, 0.25) is 5.91 Å². The second-order valence-corrected chi connectivity index (χ2v) is 10.7. The average molecular weight is 480 g/mol. The van der Waals surface area contributed by atoms with Gasteiger partial charge in [-0.3, -0.25) is 9.36 Å². The Kier molecular flexibility index (Phi) is 4.87. The molecule has 2 saturated heterocycles. The lowest BCUT2D eigenvalue weighted by Crippen LogP contribution is -2.50. The van der Waals surface area contributed by atoms with E-state index in [2.05, 4.69) is 9.38 Å². The number of amidine groups is 1. The lowest BCUT2D eigenvalue weighted by molar-refractivity contribution is -0.136. The highest BCUT2D eigenvalue weighted by Gasteiger charge is 2.41. The van der Waals surface area contributed by atoms with E-state index in [9.17, 15) is 18.0 Å². The van der Waals surface area contributed by atoms with Crippen molar-refractivity contribution in [1.82, 2.24) is 19.4 Å². The number of nitrogens with zero attached hydrogens (tertiary/aromatic N) is 4. The maximum absolute atomic E-state index is 13.5. The number of aromatic amines is 1. The van der Waals surface area contributed by atoms with E-state index in [4.69, 9.17) is 0 Å². The van der Waals surface area contributed by atoms with Gasteiger partial charge in [-0.05, 0) is 49.9 Å². The summed E-state index contributed by atoms with van der Waals surface area (Å²) in [6.45, 7) is 1.71. The molecule has 0 spiro atoms. The van der Waals surface area contributed by atoms with Gasteiger partial charge in [-0.2, -0.15) is 8.42 Å². The van der Waals surface area contributed by atoms with Gasteiger partial charge in [-0.25, -0.2) is 4.79 Å². The molecule has 0 bridgehead atoms. The minimum Gasteiger partial charge on any atom is -0.343 e. The Morgan fingerprint density at radius 2 is 1.71 bits per heavy atom. The van der Waals surface area contributed by atoms with Crippen molar-refractivity contribution in [1.29, 1.82) is 0 Å². The van der Waals surface area contributed by atoms with E-state index >= 15 is 0 Å². The molecule has 34 heavy (non-hydrogen) atoms.